The lowest BCUT2D eigenvalue weighted by Gasteiger charge is -2.41. The van der Waals surface area contributed by atoms with Crippen molar-refractivity contribution in [3.63, 3.8) is 0 Å². The molecular formula is C33H40N6O3. The minimum Gasteiger partial charge on any atom is -0.372 e. The summed E-state index contributed by atoms with van der Waals surface area (Å²) in [6, 6.07) is 12.8. The third kappa shape index (κ3) is 4.68. The molecule has 5 heterocycles. The molecule has 3 fully saturated rings. The summed E-state index contributed by atoms with van der Waals surface area (Å²) in [6.45, 7) is 7.65. The zero-order valence-electron chi connectivity index (χ0n) is 24.8. The molecule has 9 nitrogen and oxygen atoms in total. The molecule has 2 saturated heterocycles. The molecule has 1 aliphatic carbocycles. The van der Waals surface area contributed by atoms with Gasteiger partial charge in [-0.25, -0.2) is 4.52 Å². The van der Waals surface area contributed by atoms with Gasteiger partial charge < -0.3 is 24.8 Å². The second-order valence-corrected chi connectivity index (χ2v) is 12.6. The standard InChI is InChI=1S/C33H40N6O3/c1-20-28-12-11-24(33(41)36-13-5-7-26(34)19-36)18-39(28)35-30(20)29-14-23-6-4-8-27(31(23)38(29)15-22-9-10-22)25-16-37(17-25)32(40)21(2)42-3/h4,6,8,11-12,14,18,21-22,25-26H,5,7,9-10,13,15-17,19,34H2,1-3H3/t21-,26-/m1/s1. The number of carbonyl (C=O) groups is 2. The highest BCUT2D eigenvalue weighted by molar-refractivity contribution is 5.95. The molecule has 0 spiro atoms. The van der Waals surface area contributed by atoms with Gasteiger partial charge in [0.05, 0.1) is 22.3 Å². The molecule has 3 aliphatic rings. The number of piperidine rings is 1. The lowest BCUT2D eigenvalue weighted by Crippen LogP contribution is -2.52. The third-order valence-electron chi connectivity index (χ3n) is 9.53. The molecule has 1 saturated carbocycles. The summed E-state index contributed by atoms with van der Waals surface area (Å²) in [6.07, 6.45) is 5.85. The Labute approximate surface area is 246 Å². The van der Waals surface area contributed by atoms with E-state index in [4.69, 9.17) is 15.6 Å². The monoisotopic (exact) mass is 568 g/mol. The first-order valence-electron chi connectivity index (χ1n) is 15.3. The van der Waals surface area contributed by atoms with Crippen LogP contribution in [-0.4, -0.2) is 81.2 Å². The van der Waals surface area contributed by atoms with Gasteiger partial charge in [-0.15, -0.1) is 0 Å². The van der Waals surface area contributed by atoms with Crippen LogP contribution in [0.2, 0.25) is 0 Å². The predicted octanol–water partition coefficient (Wildman–Crippen LogP) is 4.20. The molecule has 2 aliphatic heterocycles. The predicted molar refractivity (Wildman–Crippen MR) is 162 cm³/mol. The van der Waals surface area contributed by atoms with Crippen molar-refractivity contribution in [3.8, 4) is 11.4 Å². The van der Waals surface area contributed by atoms with Crippen LogP contribution in [0.5, 0.6) is 0 Å². The molecule has 9 heteroatoms. The van der Waals surface area contributed by atoms with E-state index in [1.54, 1.807) is 7.11 Å². The smallest absolute Gasteiger partial charge is 0.255 e. The molecule has 4 aromatic rings. The van der Waals surface area contributed by atoms with E-state index < -0.39 is 6.10 Å². The topological polar surface area (TPSA) is 98.1 Å². The van der Waals surface area contributed by atoms with Crippen molar-refractivity contribution < 1.29 is 14.3 Å². The molecular weight excluding hydrogens is 528 g/mol. The molecule has 0 bridgehead atoms. The van der Waals surface area contributed by atoms with Crippen molar-refractivity contribution in [1.29, 1.82) is 0 Å². The fraction of sp³-hybridized carbons (Fsp3) is 0.485. The summed E-state index contributed by atoms with van der Waals surface area (Å²) in [5, 5.41) is 6.28. The number of carbonyl (C=O) groups excluding carboxylic acids is 2. The van der Waals surface area contributed by atoms with Gasteiger partial charge in [0, 0.05) is 68.9 Å². The van der Waals surface area contributed by atoms with Gasteiger partial charge in [-0.1, -0.05) is 18.2 Å². The second kappa shape index (κ2) is 10.5. The summed E-state index contributed by atoms with van der Waals surface area (Å²) in [7, 11) is 1.58. The quantitative estimate of drug-likeness (QED) is 0.360. The van der Waals surface area contributed by atoms with Gasteiger partial charge in [-0.3, -0.25) is 9.59 Å². The zero-order chi connectivity index (χ0) is 29.1. The van der Waals surface area contributed by atoms with E-state index in [1.807, 2.05) is 39.6 Å². The lowest BCUT2D eigenvalue weighted by molar-refractivity contribution is -0.145. The Kier molecular flexibility index (Phi) is 6.82. The first-order chi connectivity index (χ1) is 20.3. The van der Waals surface area contributed by atoms with Crippen LogP contribution in [0.25, 0.3) is 27.8 Å². The Hall–Kier alpha value is -3.69. The number of aryl methyl sites for hydroxylation is 1. The Bertz CT molecular complexity index is 1680. The molecule has 3 aromatic heterocycles. The highest BCUT2D eigenvalue weighted by Crippen LogP contribution is 2.41. The largest absolute Gasteiger partial charge is 0.372 e. The maximum absolute atomic E-state index is 13.3. The lowest BCUT2D eigenvalue weighted by atomic mass is 9.89. The average molecular weight is 569 g/mol. The van der Waals surface area contributed by atoms with Gasteiger partial charge in [0.15, 0.2) is 0 Å². The normalized spacial score (nSPS) is 20.3. The van der Waals surface area contributed by atoms with Crippen LogP contribution in [0.4, 0.5) is 0 Å². The number of amides is 2. The summed E-state index contributed by atoms with van der Waals surface area (Å²) in [4.78, 5) is 29.7. The van der Waals surface area contributed by atoms with E-state index in [1.165, 1.54) is 29.3 Å². The van der Waals surface area contributed by atoms with Crippen LogP contribution in [0.1, 0.15) is 60.0 Å². The van der Waals surface area contributed by atoms with E-state index in [0.29, 0.717) is 37.0 Å². The molecule has 2 atom stereocenters. The Morgan fingerprint density at radius 1 is 1.10 bits per heavy atom. The number of methoxy groups -OCH3 is 1. The third-order valence-corrected chi connectivity index (χ3v) is 9.53. The van der Waals surface area contributed by atoms with Crippen molar-refractivity contribution in [1.82, 2.24) is 24.0 Å². The highest BCUT2D eigenvalue weighted by Gasteiger charge is 2.36. The van der Waals surface area contributed by atoms with Gasteiger partial charge in [-0.05, 0) is 69.2 Å². The van der Waals surface area contributed by atoms with Gasteiger partial charge in [0.25, 0.3) is 11.8 Å². The van der Waals surface area contributed by atoms with E-state index in [0.717, 1.165) is 48.4 Å². The number of para-hydroxylation sites is 1. The number of benzene rings is 1. The molecule has 220 valence electrons. The molecule has 2 amide bonds. The Morgan fingerprint density at radius 2 is 1.90 bits per heavy atom. The van der Waals surface area contributed by atoms with Crippen LogP contribution >= 0.6 is 0 Å². The highest BCUT2D eigenvalue weighted by atomic mass is 16.5. The van der Waals surface area contributed by atoms with Crippen molar-refractivity contribution in [2.75, 3.05) is 33.3 Å². The molecule has 0 radical (unpaired) electrons. The SMILES string of the molecule is CO[C@H](C)C(=O)N1CC(c2cccc3cc(-c4nn5cc(C(=O)N6CCC[C@@H](N)C6)ccc5c4C)n(CC4CC4)c23)C1. The number of pyridine rings is 1. The van der Waals surface area contributed by atoms with Crippen molar-refractivity contribution in [3.05, 3.63) is 59.3 Å². The number of hydrogen-bond donors (Lipinski definition) is 1. The van der Waals surface area contributed by atoms with Crippen molar-refractivity contribution >= 4 is 28.2 Å². The number of aromatic nitrogens is 3. The van der Waals surface area contributed by atoms with Gasteiger partial charge in [0.1, 0.15) is 11.8 Å². The minimum atomic E-state index is -0.418. The van der Waals surface area contributed by atoms with Crippen LogP contribution in [0, 0.1) is 12.8 Å². The van der Waals surface area contributed by atoms with Crippen molar-refractivity contribution in [2.45, 2.75) is 64.1 Å². The Morgan fingerprint density at radius 3 is 2.64 bits per heavy atom. The summed E-state index contributed by atoms with van der Waals surface area (Å²) >= 11 is 0. The number of nitrogens with two attached hydrogens (primary N) is 1. The molecule has 0 unspecified atom stereocenters. The summed E-state index contributed by atoms with van der Waals surface area (Å²) in [5.41, 5.74) is 13.5. The number of fused-ring (bicyclic) bond motifs is 2. The first-order valence-corrected chi connectivity index (χ1v) is 15.3. The first kappa shape index (κ1) is 27.2. The zero-order valence-corrected chi connectivity index (χ0v) is 24.8. The van der Waals surface area contributed by atoms with E-state index in [9.17, 15) is 9.59 Å². The van der Waals surface area contributed by atoms with Crippen molar-refractivity contribution in [2.24, 2.45) is 11.7 Å². The van der Waals surface area contributed by atoms with Crippen LogP contribution in [0.15, 0.2) is 42.6 Å². The number of rotatable bonds is 7. The fourth-order valence-corrected chi connectivity index (χ4v) is 6.76. The maximum Gasteiger partial charge on any atom is 0.255 e. The summed E-state index contributed by atoms with van der Waals surface area (Å²) in [5.74, 6) is 1.03. The van der Waals surface area contributed by atoms with Gasteiger partial charge in [0.2, 0.25) is 0 Å². The molecule has 7 rings (SSSR count). The maximum atomic E-state index is 13.3. The minimum absolute atomic E-state index is 0.0159. The molecule has 2 N–H and O–H groups in total. The molecule has 1 aromatic carbocycles. The number of hydrogen-bond acceptors (Lipinski definition) is 5. The van der Waals surface area contributed by atoms with E-state index in [-0.39, 0.29) is 17.9 Å². The fourth-order valence-electron chi connectivity index (χ4n) is 6.76. The summed E-state index contributed by atoms with van der Waals surface area (Å²) < 4.78 is 9.61. The van der Waals surface area contributed by atoms with Gasteiger partial charge in [-0.2, -0.15) is 5.10 Å². The van der Waals surface area contributed by atoms with Crippen LogP contribution < -0.4 is 5.73 Å². The molecule has 42 heavy (non-hydrogen) atoms. The average Bonchev–Trinajstić information content (AvgIpc) is 3.64. The number of ether oxygens (including phenoxy) is 1. The van der Waals surface area contributed by atoms with Gasteiger partial charge >= 0.3 is 0 Å². The number of nitrogens with zero attached hydrogens (tertiary/aromatic N) is 5. The van der Waals surface area contributed by atoms with E-state index in [2.05, 4.69) is 35.8 Å². The van der Waals surface area contributed by atoms with Crippen LogP contribution in [0.3, 0.4) is 0 Å². The van der Waals surface area contributed by atoms with E-state index >= 15 is 0 Å². The second-order valence-electron chi connectivity index (χ2n) is 12.6. The number of likely N-dealkylation sites (tertiary alicyclic amines) is 2. The Balaban J connectivity index is 1.25. The van der Waals surface area contributed by atoms with Crippen LogP contribution in [-0.2, 0) is 16.1 Å².